The number of amides is 5. The summed E-state index contributed by atoms with van der Waals surface area (Å²) in [6, 6.07) is 6.70. The van der Waals surface area contributed by atoms with Crippen LogP contribution in [0.3, 0.4) is 0 Å². The highest BCUT2D eigenvalue weighted by atomic mass is 16.2. The summed E-state index contributed by atoms with van der Waals surface area (Å²) in [7, 11) is 0. The van der Waals surface area contributed by atoms with Crippen LogP contribution in [0.25, 0.3) is 0 Å². The number of hydrogen-bond donors (Lipinski definition) is 2. The lowest BCUT2D eigenvalue weighted by molar-refractivity contribution is -0.134. The van der Waals surface area contributed by atoms with Gasteiger partial charge in [0.2, 0.25) is 11.8 Å². The van der Waals surface area contributed by atoms with Crippen LogP contribution in [-0.2, 0) is 20.9 Å². The second kappa shape index (κ2) is 8.63. The van der Waals surface area contributed by atoms with Crippen molar-refractivity contribution in [2.24, 2.45) is 0 Å². The molecule has 0 aromatic heterocycles. The minimum absolute atomic E-state index is 0.0165. The molecule has 1 saturated carbocycles. The Labute approximate surface area is 170 Å². The van der Waals surface area contributed by atoms with Gasteiger partial charge in [-0.3, -0.25) is 19.3 Å². The molecule has 8 heteroatoms. The highest BCUT2D eigenvalue weighted by molar-refractivity contribution is 6.10. The van der Waals surface area contributed by atoms with E-state index in [9.17, 15) is 19.2 Å². The highest BCUT2D eigenvalue weighted by Gasteiger charge is 2.51. The number of anilines is 1. The molecular formula is C21H28N4O4. The molecule has 0 unspecified atom stereocenters. The Hall–Kier alpha value is -2.90. The van der Waals surface area contributed by atoms with Gasteiger partial charge in [0.15, 0.2) is 0 Å². The summed E-state index contributed by atoms with van der Waals surface area (Å²) in [5, 5.41) is 5.55. The van der Waals surface area contributed by atoms with Gasteiger partial charge in [0.05, 0.1) is 0 Å². The van der Waals surface area contributed by atoms with E-state index in [0.717, 1.165) is 29.7 Å². The molecule has 1 aliphatic heterocycles. The zero-order valence-corrected chi connectivity index (χ0v) is 17.0. The first-order valence-corrected chi connectivity index (χ1v) is 10.1. The Bertz CT molecular complexity index is 817. The number of hydrogen-bond acceptors (Lipinski definition) is 4. The van der Waals surface area contributed by atoms with Gasteiger partial charge in [0, 0.05) is 25.7 Å². The second-order valence-corrected chi connectivity index (χ2v) is 7.75. The van der Waals surface area contributed by atoms with Gasteiger partial charge >= 0.3 is 6.03 Å². The first kappa shape index (κ1) is 20.8. The van der Waals surface area contributed by atoms with Crippen molar-refractivity contribution in [3.05, 3.63) is 29.8 Å². The zero-order valence-electron chi connectivity index (χ0n) is 17.0. The van der Waals surface area contributed by atoms with Gasteiger partial charge in [-0.05, 0) is 37.5 Å². The summed E-state index contributed by atoms with van der Waals surface area (Å²) in [4.78, 5) is 51.9. The quantitative estimate of drug-likeness (QED) is 0.716. The van der Waals surface area contributed by atoms with Crippen molar-refractivity contribution in [2.75, 3.05) is 18.4 Å². The van der Waals surface area contributed by atoms with Crippen LogP contribution in [0.2, 0.25) is 0 Å². The van der Waals surface area contributed by atoms with Crippen molar-refractivity contribution in [1.29, 1.82) is 0 Å². The Morgan fingerprint density at radius 2 is 1.93 bits per heavy atom. The van der Waals surface area contributed by atoms with E-state index in [1.807, 2.05) is 13.0 Å². The van der Waals surface area contributed by atoms with E-state index in [1.54, 1.807) is 23.1 Å². The fourth-order valence-corrected chi connectivity index (χ4v) is 4.07. The maximum atomic E-state index is 12.8. The van der Waals surface area contributed by atoms with E-state index in [2.05, 4.69) is 10.6 Å². The van der Waals surface area contributed by atoms with Gasteiger partial charge in [-0.1, -0.05) is 31.4 Å². The number of carbonyl (C=O) groups excluding carboxylic acids is 4. The molecule has 29 heavy (non-hydrogen) atoms. The van der Waals surface area contributed by atoms with Crippen LogP contribution in [0, 0.1) is 0 Å². The summed E-state index contributed by atoms with van der Waals surface area (Å²) >= 11 is 0. The molecule has 2 N–H and O–H groups in total. The molecule has 5 amide bonds. The molecule has 1 saturated heterocycles. The molecular weight excluding hydrogens is 372 g/mol. The van der Waals surface area contributed by atoms with Crippen LogP contribution < -0.4 is 10.6 Å². The standard InChI is InChI=1S/C21H28N4O4/c1-3-24(15(2)26)13-16-8-7-9-17(12-16)22-18(27)14-25-19(28)21(23-20(25)29)10-5-4-6-11-21/h7-9,12H,3-6,10-11,13-14H2,1-2H3,(H,22,27)(H,23,29). The summed E-state index contributed by atoms with van der Waals surface area (Å²) < 4.78 is 0. The molecule has 0 radical (unpaired) electrons. The minimum Gasteiger partial charge on any atom is -0.339 e. The molecule has 0 atom stereocenters. The lowest BCUT2D eigenvalue weighted by Crippen LogP contribution is -2.48. The van der Waals surface area contributed by atoms with Crippen LogP contribution in [0.5, 0.6) is 0 Å². The molecule has 1 aromatic rings. The lowest BCUT2D eigenvalue weighted by atomic mass is 9.82. The number of imide groups is 1. The number of carbonyl (C=O) groups is 4. The second-order valence-electron chi connectivity index (χ2n) is 7.75. The van der Waals surface area contributed by atoms with E-state index in [4.69, 9.17) is 0 Å². The minimum atomic E-state index is -0.828. The fourth-order valence-electron chi connectivity index (χ4n) is 4.07. The van der Waals surface area contributed by atoms with Crippen molar-refractivity contribution in [3.63, 3.8) is 0 Å². The molecule has 1 aromatic carbocycles. The van der Waals surface area contributed by atoms with Gasteiger partial charge in [-0.15, -0.1) is 0 Å². The number of rotatable bonds is 6. The van der Waals surface area contributed by atoms with Crippen LogP contribution in [0.1, 0.15) is 51.5 Å². The third-order valence-electron chi connectivity index (χ3n) is 5.67. The van der Waals surface area contributed by atoms with Gasteiger partial charge in [-0.2, -0.15) is 0 Å². The molecule has 0 bridgehead atoms. The van der Waals surface area contributed by atoms with Crippen molar-refractivity contribution in [2.45, 2.75) is 58.0 Å². The topological polar surface area (TPSA) is 98.8 Å². The zero-order chi connectivity index (χ0) is 21.0. The van der Waals surface area contributed by atoms with Crippen LogP contribution >= 0.6 is 0 Å². The highest BCUT2D eigenvalue weighted by Crippen LogP contribution is 2.33. The summed E-state index contributed by atoms with van der Waals surface area (Å²) in [6.07, 6.45) is 4.10. The Morgan fingerprint density at radius 1 is 1.21 bits per heavy atom. The van der Waals surface area contributed by atoms with Crippen molar-refractivity contribution in [1.82, 2.24) is 15.1 Å². The Kier molecular flexibility index (Phi) is 6.20. The average Bonchev–Trinajstić information content (AvgIpc) is 2.90. The number of benzene rings is 1. The van der Waals surface area contributed by atoms with E-state index >= 15 is 0 Å². The predicted octanol–water partition coefficient (Wildman–Crippen LogP) is 2.25. The lowest BCUT2D eigenvalue weighted by Gasteiger charge is -2.30. The van der Waals surface area contributed by atoms with Crippen LogP contribution in [-0.4, -0.2) is 52.2 Å². The molecule has 2 aliphatic rings. The van der Waals surface area contributed by atoms with Crippen molar-refractivity contribution >= 4 is 29.4 Å². The molecule has 1 heterocycles. The van der Waals surface area contributed by atoms with Crippen LogP contribution in [0.15, 0.2) is 24.3 Å². The number of nitrogens with zero attached hydrogens (tertiary/aromatic N) is 2. The van der Waals surface area contributed by atoms with E-state index < -0.39 is 17.5 Å². The Morgan fingerprint density at radius 3 is 2.59 bits per heavy atom. The summed E-state index contributed by atoms with van der Waals surface area (Å²) in [5.74, 6) is -0.749. The Balaban J connectivity index is 1.62. The van der Waals surface area contributed by atoms with Gasteiger partial charge in [0.1, 0.15) is 12.1 Å². The van der Waals surface area contributed by atoms with Gasteiger partial charge in [-0.25, -0.2) is 4.79 Å². The predicted molar refractivity (Wildman–Crippen MR) is 108 cm³/mol. The fraction of sp³-hybridized carbons (Fsp3) is 0.524. The van der Waals surface area contributed by atoms with E-state index in [-0.39, 0.29) is 18.4 Å². The first-order chi connectivity index (χ1) is 13.8. The van der Waals surface area contributed by atoms with Crippen molar-refractivity contribution < 1.29 is 19.2 Å². The van der Waals surface area contributed by atoms with Gasteiger partial charge in [0.25, 0.3) is 5.91 Å². The van der Waals surface area contributed by atoms with E-state index in [1.165, 1.54) is 6.92 Å². The molecule has 1 aliphatic carbocycles. The molecule has 2 fully saturated rings. The summed E-state index contributed by atoms with van der Waals surface area (Å²) in [6.45, 7) is 4.16. The van der Waals surface area contributed by atoms with Crippen LogP contribution in [0.4, 0.5) is 10.5 Å². The average molecular weight is 400 g/mol. The normalized spacial score (nSPS) is 17.9. The largest absolute Gasteiger partial charge is 0.339 e. The SMILES string of the molecule is CCN(Cc1cccc(NC(=O)CN2C(=O)NC3(CCCCC3)C2=O)c1)C(C)=O. The summed E-state index contributed by atoms with van der Waals surface area (Å²) in [5.41, 5.74) is 0.619. The molecule has 3 rings (SSSR count). The smallest absolute Gasteiger partial charge is 0.325 e. The molecule has 1 spiro atoms. The maximum absolute atomic E-state index is 12.8. The molecule has 156 valence electrons. The number of nitrogens with one attached hydrogen (secondary N) is 2. The molecule has 8 nitrogen and oxygen atoms in total. The maximum Gasteiger partial charge on any atom is 0.325 e. The monoisotopic (exact) mass is 400 g/mol. The third kappa shape index (κ3) is 4.58. The van der Waals surface area contributed by atoms with Crippen molar-refractivity contribution in [3.8, 4) is 0 Å². The first-order valence-electron chi connectivity index (χ1n) is 10.1. The number of urea groups is 1. The van der Waals surface area contributed by atoms with Gasteiger partial charge < -0.3 is 15.5 Å². The van der Waals surface area contributed by atoms with E-state index in [0.29, 0.717) is 31.6 Å². The third-order valence-corrected chi connectivity index (χ3v) is 5.67.